The van der Waals surface area contributed by atoms with Crippen LogP contribution in [-0.2, 0) is 21.5 Å². The van der Waals surface area contributed by atoms with Gasteiger partial charge in [0.15, 0.2) is 0 Å². The maximum Gasteiger partial charge on any atom is 0.279 e. The minimum absolute atomic E-state index is 0.0143. The van der Waals surface area contributed by atoms with Crippen LogP contribution in [0.3, 0.4) is 0 Å². The zero-order chi connectivity index (χ0) is 17.6. The SMILES string of the molecule is CN(CCC#N)S(=O)(=O)NCc1ccc(N2CCOCC2)c(F)c1. The Labute approximate surface area is 141 Å². The molecule has 7 nitrogen and oxygen atoms in total. The van der Waals surface area contributed by atoms with Crippen molar-refractivity contribution in [1.82, 2.24) is 9.03 Å². The zero-order valence-electron chi connectivity index (χ0n) is 13.5. The second-order valence-corrected chi connectivity index (χ2v) is 7.30. The maximum absolute atomic E-state index is 14.3. The maximum atomic E-state index is 14.3. The Morgan fingerprint density at radius 1 is 1.42 bits per heavy atom. The van der Waals surface area contributed by atoms with Gasteiger partial charge >= 0.3 is 0 Å². The number of rotatable bonds is 7. The molecule has 0 saturated carbocycles. The fourth-order valence-corrected chi connectivity index (χ4v) is 3.23. The van der Waals surface area contributed by atoms with Gasteiger partial charge in [0.2, 0.25) is 0 Å². The Balaban J connectivity index is 1.98. The lowest BCUT2D eigenvalue weighted by atomic mass is 10.2. The number of benzene rings is 1. The van der Waals surface area contributed by atoms with Crippen LogP contribution in [0.1, 0.15) is 12.0 Å². The van der Waals surface area contributed by atoms with Gasteiger partial charge in [0.1, 0.15) is 5.82 Å². The van der Waals surface area contributed by atoms with Crippen LogP contribution >= 0.6 is 0 Å². The summed E-state index contributed by atoms with van der Waals surface area (Å²) in [6.07, 6.45) is 0.111. The highest BCUT2D eigenvalue weighted by Gasteiger charge is 2.18. The summed E-state index contributed by atoms with van der Waals surface area (Å²) in [6, 6.07) is 6.58. The van der Waals surface area contributed by atoms with Crippen LogP contribution in [0.4, 0.5) is 10.1 Å². The van der Waals surface area contributed by atoms with E-state index < -0.39 is 10.2 Å². The van der Waals surface area contributed by atoms with Gasteiger partial charge < -0.3 is 9.64 Å². The molecule has 0 aliphatic carbocycles. The van der Waals surface area contributed by atoms with E-state index >= 15 is 0 Å². The number of morpholine rings is 1. The predicted octanol–water partition coefficient (Wildman–Crippen LogP) is 0.842. The summed E-state index contributed by atoms with van der Waals surface area (Å²) >= 11 is 0. The van der Waals surface area contributed by atoms with E-state index in [0.29, 0.717) is 37.6 Å². The molecule has 9 heteroatoms. The third-order valence-electron chi connectivity index (χ3n) is 3.77. The molecule has 0 aromatic heterocycles. The highest BCUT2D eigenvalue weighted by molar-refractivity contribution is 7.87. The van der Waals surface area contributed by atoms with Gasteiger partial charge in [-0.25, -0.2) is 4.39 Å². The van der Waals surface area contributed by atoms with Crippen LogP contribution in [0.25, 0.3) is 0 Å². The highest BCUT2D eigenvalue weighted by atomic mass is 32.2. The van der Waals surface area contributed by atoms with Gasteiger partial charge in [-0.1, -0.05) is 6.07 Å². The largest absolute Gasteiger partial charge is 0.378 e. The summed E-state index contributed by atoms with van der Waals surface area (Å²) in [6.45, 7) is 2.49. The molecule has 1 heterocycles. The van der Waals surface area contributed by atoms with Crippen molar-refractivity contribution in [2.75, 3.05) is 44.8 Å². The van der Waals surface area contributed by atoms with Gasteiger partial charge in [-0.05, 0) is 17.7 Å². The lowest BCUT2D eigenvalue weighted by Gasteiger charge is -2.29. The van der Waals surface area contributed by atoms with Crippen LogP contribution in [-0.4, -0.2) is 52.6 Å². The van der Waals surface area contributed by atoms with E-state index in [0.717, 1.165) is 4.31 Å². The molecule has 1 aromatic rings. The Bertz CT molecular complexity index is 699. The van der Waals surface area contributed by atoms with E-state index in [9.17, 15) is 12.8 Å². The van der Waals surface area contributed by atoms with Crippen LogP contribution in [0.15, 0.2) is 18.2 Å². The summed E-state index contributed by atoms with van der Waals surface area (Å²) in [7, 11) is -2.30. The summed E-state index contributed by atoms with van der Waals surface area (Å²) in [5.74, 6) is -0.383. The van der Waals surface area contributed by atoms with E-state index in [1.165, 1.54) is 13.1 Å². The van der Waals surface area contributed by atoms with Gasteiger partial charge in [0.25, 0.3) is 10.2 Å². The van der Waals surface area contributed by atoms with Crippen molar-refractivity contribution >= 4 is 15.9 Å². The predicted molar refractivity (Wildman–Crippen MR) is 88.1 cm³/mol. The molecule has 1 fully saturated rings. The molecule has 0 amide bonds. The van der Waals surface area contributed by atoms with Crippen LogP contribution in [0.5, 0.6) is 0 Å². The summed E-state index contributed by atoms with van der Waals surface area (Å²) in [4.78, 5) is 1.91. The molecular weight excluding hydrogens is 335 g/mol. The minimum atomic E-state index is -3.69. The quantitative estimate of drug-likeness (QED) is 0.783. The van der Waals surface area contributed by atoms with E-state index in [1.54, 1.807) is 12.1 Å². The fraction of sp³-hybridized carbons (Fsp3) is 0.533. The van der Waals surface area contributed by atoms with Gasteiger partial charge in [0, 0.05) is 39.6 Å². The first-order chi connectivity index (χ1) is 11.4. The molecule has 2 rings (SSSR count). The molecule has 1 saturated heterocycles. The monoisotopic (exact) mass is 356 g/mol. The van der Waals surface area contributed by atoms with E-state index in [-0.39, 0.29) is 25.3 Å². The van der Waals surface area contributed by atoms with E-state index in [1.807, 2.05) is 11.0 Å². The van der Waals surface area contributed by atoms with Crippen LogP contribution < -0.4 is 9.62 Å². The molecule has 0 radical (unpaired) electrons. The molecule has 1 aromatic carbocycles. The van der Waals surface area contributed by atoms with Gasteiger partial charge in [-0.2, -0.15) is 22.7 Å². The van der Waals surface area contributed by atoms with Crippen molar-refractivity contribution in [3.05, 3.63) is 29.6 Å². The Hall–Kier alpha value is -1.73. The lowest BCUT2D eigenvalue weighted by Crippen LogP contribution is -2.38. The molecule has 0 unspecified atom stereocenters. The summed E-state index contributed by atoms with van der Waals surface area (Å²) < 4.78 is 47.0. The minimum Gasteiger partial charge on any atom is -0.378 e. The average Bonchev–Trinajstić information content (AvgIpc) is 2.58. The standard InChI is InChI=1S/C15H21FN4O3S/c1-19(6-2-5-17)24(21,22)18-12-13-3-4-15(14(16)11-13)20-7-9-23-10-8-20/h3-4,11,18H,2,6-10,12H2,1H3. The van der Waals surface area contributed by atoms with Gasteiger partial charge in [0.05, 0.1) is 25.0 Å². The van der Waals surface area contributed by atoms with Crippen molar-refractivity contribution in [2.24, 2.45) is 0 Å². The van der Waals surface area contributed by atoms with Crippen molar-refractivity contribution in [3.8, 4) is 6.07 Å². The number of ether oxygens (including phenoxy) is 1. The molecular formula is C15H21FN4O3S. The second kappa shape index (κ2) is 8.39. The Morgan fingerprint density at radius 2 is 2.12 bits per heavy atom. The number of halogens is 1. The first kappa shape index (κ1) is 18.6. The third kappa shape index (κ3) is 4.88. The van der Waals surface area contributed by atoms with Gasteiger partial charge in [-0.15, -0.1) is 0 Å². The smallest absolute Gasteiger partial charge is 0.279 e. The number of nitriles is 1. The Kier molecular flexibility index (Phi) is 6.51. The number of anilines is 1. The molecule has 1 aliphatic heterocycles. The molecule has 0 bridgehead atoms. The molecule has 0 atom stereocenters. The third-order valence-corrected chi connectivity index (χ3v) is 5.28. The van der Waals surface area contributed by atoms with Crippen molar-refractivity contribution in [3.63, 3.8) is 0 Å². The molecule has 1 N–H and O–H groups in total. The number of hydrogen-bond donors (Lipinski definition) is 1. The first-order valence-electron chi connectivity index (χ1n) is 7.63. The van der Waals surface area contributed by atoms with Crippen molar-refractivity contribution in [2.45, 2.75) is 13.0 Å². The average molecular weight is 356 g/mol. The first-order valence-corrected chi connectivity index (χ1v) is 9.07. The van der Waals surface area contributed by atoms with Crippen molar-refractivity contribution in [1.29, 1.82) is 5.26 Å². The zero-order valence-corrected chi connectivity index (χ0v) is 14.4. The summed E-state index contributed by atoms with van der Waals surface area (Å²) in [5, 5.41) is 8.51. The molecule has 1 aliphatic rings. The number of hydrogen-bond acceptors (Lipinski definition) is 5. The number of nitrogens with zero attached hydrogens (tertiary/aromatic N) is 3. The molecule has 132 valence electrons. The van der Waals surface area contributed by atoms with E-state index in [4.69, 9.17) is 10.00 Å². The number of nitrogens with one attached hydrogen (secondary N) is 1. The lowest BCUT2D eigenvalue weighted by molar-refractivity contribution is 0.122. The van der Waals surface area contributed by atoms with Crippen LogP contribution in [0.2, 0.25) is 0 Å². The highest BCUT2D eigenvalue weighted by Crippen LogP contribution is 2.21. The molecule has 24 heavy (non-hydrogen) atoms. The van der Waals surface area contributed by atoms with Gasteiger partial charge in [-0.3, -0.25) is 0 Å². The van der Waals surface area contributed by atoms with Crippen LogP contribution in [0, 0.1) is 17.1 Å². The summed E-state index contributed by atoms with van der Waals surface area (Å²) in [5.41, 5.74) is 1.03. The molecule has 0 spiro atoms. The second-order valence-electron chi connectivity index (χ2n) is 5.44. The van der Waals surface area contributed by atoms with E-state index in [2.05, 4.69) is 4.72 Å². The Morgan fingerprint density at radius 3 is 2.75 bits per heavy atom. The fourth-order valence-electron chi connectivity index (χ4n) is 2.33. The topological polar surface area (TPSA) is 85.7 Å². The normalized spacial score (nSPS) is 15.5. The van der Waals surface area contributed by atoms with Crippen molar-refractivity contribution < 1.29 is 17.5 Å².